The van der Waals surface area contributed by atoms with E-state index in [1.165, 1.54) is 0 Å². The molecule has 0 amide bonds. The van der Waals surface area contributed by atoms with Crippen LogP contribution in [-0.4, -0.2) is 34.9 Å². The van der Waals surface area contributed by atoms with Crippen LogP contribution in [0.25, 0.3) is 0 Å². The molecule has 1 N–H and O–H groups in total. The second-order valence-electron chi connectivity index (χ2n) is 21.3. The van der Waals surface area contributed by atoms with Crippen LogP contribution >= 0.6 is 0 Å². The topological polar surface area (TPSA) is 72.8 Å². The molecule has 0 fully saturated rings. The predicted octanol–water partition coefficient (Wildman–Crippen LogP) is 11.2. The molecule has 0 rings (SSSR count). The smallest absolute Gasteiger partial charge is 0.312 e. The van der Waals surface area contributed by atoms with E-state index in [1.54, 1.807) is 0 Å². The van der Waals surface area contributed by atoms with E-state index in [2.05, 4.69) is 104 Å². The molecule has 0 aliphatic rings. The minimum atomic E-state index is -0.826. The molecule has 0 aromatic heterocycles. The highest BCUT2D eigenvalue weighted by Gasteiger charge is 2.51. The summed E-state index contributed by atoms with van der Waals surface area (Å²) in [6.45, 7) is 44.0. The third kappa shape index (κ3) is 13.1. The summed E-state index contributed by atoms with van der Waals surface area (Å²) in [6.07, 6.45) is 3.15. The van der Waals surface area contributed by atoms with Crippen molar-refractivity contribution < 1.29 is 24.2 Å². The van der Waals surface area contributed by atoms with Gasteiger partial charge in [0, 0.05) is 10.8 Å². The molecule has 0 aromatic rings. The summed E-state index contributed by atoms with van der Waals surface area (Å²) in [7, 11) is 0. The minimum Gasteiger partial charge on any atom is -0.461 e. The van der Waals surface area contributed by atoms with Crippen LogP contribution < -0.4 is 0 Å². The summed E-state index contributed by atoms with van der Waals surface area (Å²) in [6, 6.07) is 0. The molecular formula is C40H78O5. The number of carbonyl (C=O) groups is 2. The van der Waals surface area contributed by atoms with Gasteiger partial charge in [-0.3, -0.25) is 9.59 Å². The largest absolute Gasteiger partial charge is 0.461 e. The van der Waals surface area contributed by atoms with Crippen LogP contribution in [0, 0.1) is 43.3 Å². The molecule has 0 aromatic carbocycles. The first kappa shape index (κ1) is 43.9. The second kappa shape index (κ2) is 14.2. The molecule has 0 aliphatic heterocycles. The van der Waals surface area contributed by atoms with E-state index in [9.17, 15) is 14.7 Å². The minimum absolute atomic E-state index is 0.0245. The zero-order valence-electron chi connectivity index (χ0n) is 34.0. The van der Waals surface area contributed by atoms with Gasteiger partial charge in [-0.25, -0.2) is 0 Å². The Morgan fingerprint density at radius 1 is 0.533 bits per heavy atom. The number of carbonyl (C=O) groups excluding carboxylic acids is 2. The van der Waals surface area contributed by atoms with E-state index < -0.39 is 39.5 Å². The monoisotopic (exact) mass is 639 g/mol. The van der Waals surface area contributed by atoms with E-state index >= 15 is 0 Å². The first-order chi connectivity index (χ1) is 19.5. The number of rotatable bonds is 16. The summed E-state index contributed by atoms with van der Waals surface area (Å²) in [5.41, 5.74) is -3.76. The molecule has 3 atom stereocenters. The maximum atomic E-state index is 14.2. The van der Waals surface area contributed by atoms with Crippen molar-refractivity contribution in [3.8, 4) is 0 Å². The Balaban J connectivity index is 6.31. The van der Waals surface area contributed by atoms with Gasteiger partial charge in [-0.05, 0) is 102 Å². The fraction of sp³-hybridized carbons (Fsp3) is 0.950. The van der Waals surface area contributed by atoms with Gasteiger partial charge in [0.2, 0.25) is 0 Å². The van der Waals surface area contributed by atoms with Crippen LogP contribution in [0.3, 0.4) is 0 Å². The number of ether oxygens (including phenoxy) is 2. The Bertz CT molecular complexity index is 983. The van der Waals surface area contributed by atoms with Gasteiger partial charge in [0.15, 0.2) is 0 Å². The molecule has 0 bridgehead atoms. The van der Waals surface area contributed by atoms with E-state index in [4.69, 9.17) is 9.47 Å². The molecule has 0 heterocycles. The Labute approximate surface area is 280 Å². The van der Waals surface area contributed by atoms with Crippen LogP contribution in [0.5, 0.6) is 0 Å². The molecule has 0 saturated carbocycles. The lowest BCUT2D eigenvalue weighted by atomic mass is 9.60. The summed E-state index contributed by atoms with van der Waals surface area (Å²) in [4.78, 5) is 27.8. The molecular weight excluding hydrogens is 560 g/mol. The van der Waals surface area contributed by atoms with Gasteiger partial charge in [0.05, 0.1) is 16.9 Å². The van der Waals surface area contributed by atoms with Crippen molar-refractivity contribution in [3.05, 3.63) is 0 Å². The van der Waals surface area contributed by atoms with Crippen molar-refractivity contribution >= 4 is 11.9 Å². The van der Waals surface area contributed by atoms with Crippen molar-refractivity contribution in [1.29, 1.82) is 0 Å². The van der Waals surface area contributed by atoms with Gasteiger partial charge in [0.25, 0.3) is 0 Å². The highest BCUT2D eigenvalue weighted by molar-refractivity contribution is 5.77. The van der Waals surface area contributed by atoms with Gasteiger partial charge in [-0.2, -0.15) is 0 Å². The fourth-order valence-corrected chi connectivity index (χ4v) is 8.74. The SMILES string of the molecule is CCC(C)(C)C(OC(=O)C(C)(C)CC(C)(CC)C(O)C(C)(C)CC(C)(C)C)C(C)(C)CC(C)(C)C(=O)OC(C)(C)CC(C)(C)C. The summed E-state index contributed by atoms with van der Waals surface area (Å²) in [5, 5.41) is 11.8. The van der Waals surface area contributed by atoms with Crippen molar-refractivity contribution in [2.45, 2.75) is 202 Å². The highest BCUT2D eigenvalue weighted by Crippen LogP contribution is 2.51. The highest BCUT2D eigenvalue weighted by atomic mass is 16.6. The summed E-state index contributed by atoms with van der Waals surface area (Å²) < 4.78 is 12.7. The Morgan fingerprint density at radius 3 is 1.33 bits per heavy atom. The lowest BCUT2D eigenvalue weighted by Crippen LogP contribution is -2.51. The molecule has 5 nitrogen and oxygen atoms in total. The van der Waals surface area contributed by atoms with Gasteiger partial charge in [0.1, 0.15) is 11.7 Å². The molecule has 0 saturated heterocycles. The number of aliphatic hydroxyl groups is 1. The zero-order chi connectivity index (χ0) is 36.5. The Hall–Kier alpha value is -1.10. The van der Waals surface area contributed by atoms with Crippen LogP contribution in [-0.2, 0) is 19.1 Å². The molecule has 0 spiro atoms. The maximum Gasteiger partial charge on any atom is 0.312 e. The summed E-state index contributed by atoms with van der Waals surface area (Å²) >= 11 is 0. The van der Waals surface area contributed by atoms with Crippen LogP contribution in [0.1, 0.15) is 184 Å². The third-order valence-corrected chi connectivity index (χ3v) is 9.92. The van der Waals surface area contributed by atoms with Crippen molar-refractivity contribution in [2.75, 3.05) is 0 Å². The number of hydrogen-bond donors (Lipinski definition) is 1. The van der Waals surface area contributed by atoms with E-state index in [-0.39, 0.29) is 33.6 Å². The van der Waals surface area contributed by atoms with Crippen molar-refractivity contribution in [3.63, 3.8) is 0 Å². The lowest BCUT2D eigenvalue weighted by Gasteiger charge is -2.49. The molecule has 0 aliphatic carbocycles. The number of hydrogen-bond acceptors (Lipinski definition) is 5. The van der Waals surface area contributed by atoms with Crippen LogP contribution in [0.15, 0.2) is 0 Å². The van der Waals surface area contributed by atoms with E-state index in [1.807, 2.05) is 41.5 Å². The Morgan fingerprint density at radius 2 is 0.956 bits per heavy atom. The zero-order valence-corrected chi connectivity index (χ0v) is 34.0. The predicted molar refractivity (Wildman–Crippen MR) is 191 cm³/mol. The molecule has 3 unspecified atom stereocenters. The number of esters is 2. The van der Waals surface area contributed by atoms with Crippen LogP contribution in [0.4, 0.5) is 0 Å². The average molecular weight is 639 g/mol. The fourth-order valence-electron chi connectivity index (χ4n) is 8.74. The average Bonchev–Trinajstić information content (AvgIpc) is 2.76. The normalized spacial score (nSPS) is 17.4. The lowest BCUT2D eigenvalue weighted by molar-refractivity contribution is -0.186. The van der Waals surface area contributed by atoms with Crippen molar-refractivity contribution in [1.82, 2.24) is 0 Å². The van der Waals surface area contributed by atoms with Gasteiger partial charge >= 0.3 is 11.9 Å². The van der Waals surface area contributed by atoms with Gasteiger partial charge < -0.3 is 14.6 Å². The van der Waals surface area contributed by atoms with E-state index in [0.717, 1.165) is 25.7 Å². The quantitative estimate of drug-likeness (QED) is 0.170. The molecule has 268 valence electrons. The van der Waals surface area contributed by atoms with Crippen LogP contribution in [0.2, 0.25) is 0 Å². The van der Waals surface area contributed by atoms with E-state index in [0.29, 0.717) is 12.8 Å². The van der Waals surface area contributed by atoms with Gasteiger partial charge in [-0.15, -0.1) is 0 Å². The molecule has 0 radical (unpaired) electrons. The maximum absolute atomic E-state index is 14.2. The summed E-state index contributed by atoms with van der Waals surface area (Å²) in [5.74, 6) is -0.482. The first-order valence-corrected chi connectivity index (χ1v) is 17.6. The Kier molecular flexibility index (Phi) is 13.8. The first-order valence-electron chi connectivity index (χ1n) is 17.6. The number of aliphatic hydroxyl groups excluding tert-OH is 1. The molecule has 45 heavy (non-hydrogen) atoms. The van der Waals surface area contributed by atoms with Gasteiger partial charge in [-0.1, -0.05) is 104 Å². The van der Waals surface area contributed by atoms with Crippen molar-refractivity contribution in [2.24, 2.45) is 43.3 Å². The standard InChI is InChI=1S/C40H78O5/c1-22-34(9,10)29(36(13,14)26-37(15,16)31(43)45-39(19,20)25-33(6,7)8)44-30(42)38(17,18)27-40(21,23-2)28(41)35(11,12)24-32(3,4)5/h28-29,41H,22-27H2,1-21H3. The molecule has 5 heteroatoms. The third-order valence-electron chi connectivity index (χ3n) is 9.92. The second-order valence-corrected chi connectivity index (χ2v) is 21.3.